The summed E-state index contributed by atoms with van der Waals surface area (Å²) in [6, 6.07) is 1.79. The summed E-state index contributed by atoms with van der Waals surface area (Å²) in [5.41, 5.74) is 0.815. The van der Waals surface area contributed by atoms with E-state index in [2.05, 4.69) is 5.10 Å². The quantitative estimate of drug-likeness (QED) is 0.847. The predicted octanol–water partition coefficient (Wildman–Crippen LogP) is 1.72. The number of ether oxygens (including phenoxy) is 2. The molecular formula is C17H27N3O3. The lowest BCUT2D eigenvalue weighted by molar-refractivity contribution is -0.0956. The molecule has 0 N–H and O–H groups in total. The van der Waals surface area contributed by atoms with E-state index in [4.69, 9.17) is 9.47 Å². The molecule has 1 spiro atoms. The summed E-state index contributed by atoms with van der Waals surface area (Å²) in [7, 11) is 1.84. The Morgan fingerprint density at radius 1 is 1.43 bits per heavy atom. The molecule has 128 valence electrons. The highest BCUT2D eigenvalue weighted by Crippen LogP contribution is 2.44. The third kappa shape index (κ3) is 3.43. The van der Waals surface area contributed by atoms with Crippen LogP contribution < -0.4 is 0 Å². The SMILES string of the molecule is CCOC[C@H]1COCCC12CCN(C(=O)c1ccn(C)n1)CC2. The Morgan fingerprint density at radius 3 is 2.87 bits per heavy atom. The molecule has 3 rings (SSSR count). The molecule has 1 atom stereocenters. The summed E-state index contributed by atoms with van der Waals surface area (Å²) in [6.45, 7) is 6.77. The van der Waals surface area contributed by atoms with Crippen LogP contribution in [-0.4, -0.2) is 60.1 Å². The lowest BCUT2D eigenvalue weighted by atomic mass is 9.66. The first-order valence-electron chi connectivity index (χ1n) is 8.59. The van der Waals surface area contributed by atoms with E-state index in [9.17, 15) is 4.79 Å². The van der Waals surface area contributed by atoms with Gasteiger partial charge in [-0.25, -0.2) is 0 Å². The molecule has 0 aromatic carbocycles. The molecule has 2 saturated heterocycles. The zero-order valence-corrected chi connectivity index (χ0v) is 14.2. The van der Waals surface area contributed by atoms with Gasteiger partial charge in [-0.15, -0.1) is 0 Å². The van der Waals surface area contributed by atoms with Crippen molar-refractivity contribution in [2.45, 2.75) is 26.2 Å². The Bertz CT molecular complexity index is 535. The molecule has 2 fully saturated rings. The number of amides is 1. The highest BCUT2D eigenvalue weighted by Gasteiger charge is 2.44. The van der Waals surface area contributed by atoms with Crippen LogP contribution >= 0.6 is 0 Å². The number of aryl methyl sites for hydroxylation is 1. The minimum Gasteiger partial charge on any atom is -0.381 e. The maximum atomic E-state index is 12.5. The monoisotopic (exact) mass is 321 g/mol. The van der Waals surface area contributed by atoms with Crippen LogP contribution in [0.4, 0.5) is 0 Å². The van der Waals surface area contributed by atoms with E-state index in [-0.39, 0.29) is 11.3 Å². The van der Waals surface area contributed by atoms with Gasteiger partial charge in [0, 0.05) is 45.5 Å². The van der Waals surface area contributed by atoms with Crippen LogP contribution in [0.3, 0.4) is 0 Å². The Labute approximate surface area is 137 Å². The van der Waals surface area contributed by atoms with Gasteiger partial charge in [-0.3, -0.25) is 9.48 Å². The first kappa shape index (κ1) is 16.5. The largest absolute Gasteiger partial charge is 0.381 e. The third-order valence-electron chi connectivity index (χ3n) is 5.43. The van der Waals surface area contributed by atoms with Gasteiger partial charge < -0.3 is 14.4 Å². The predicted molar refractivity (Wildman–Crippen MR) is 86.2 cm³/mol. The Morgan fingerprint density at radius 2 is 2.22 bits per heavy atom. The fourth-order valence-electron chi connectivity index (χ4n) is 3.87. The maximum Gasteiger partial charge on any atom is 0.274 e. The van der Waals surface area contributed by atoms with Crippen LogP contribution in [0.1, 0.15) is 36.7 Å². The van der Waals surface area contributed by atoms with Gasteiger partial charge in [0.15, 0.2) is 0 Å². The van der Waals surface area contributed by atoms with Crippen molar-refractivity contribution in [3.8, 4) is 0 Å². The number of likely N-dealkylation sites (tertiary alicyclic amines) is 1. The van der Waals surface area contributed by atoms with Crippen molar-refractivity contribution in [1.82, 2.24) is 14.7 Å². The van der Waals surface area contributed by atoms with Gasteiger partial charge in [0.05, 0.1) is 13.2 Å². The maximum absolute atomic E-state index is 12.5. The van der Waals surface area contributed by atoms with Crippen molar-refractivity contribution in [1.29, 1.82) is 0 Å². The zero-order valence-electron chi connectivity index (χ0n) is 14.2. The minimum absolute atomic E-state index is 0.0499. The molecule has 2 aliphatic rings. The number of piperidine rings is 1. The van der Waals surface area contributed by atoms with Gasteiger partial charge >= 0.3 is 0 Å². The minimum atomic E-state index is 0.0499. The van der Waals surface area contributed by atoms with Crippen LogP contribution in [-0.2, 0) is 16.5 Å². The van der Waals surface area contributed by atoms with Crippen molar-refractivity contribution < 1.29 is 14.3 Å². The number of rotatable bonds is 4. The molecule has 3 heterocycles. The van der Waals surface area contributed by atoms with E-state index in [0.717, 1.165) is 58.8 Å². The van der Waals surface area contributed by atoms with E-state index < -0.39 is 0 Å². The first-order chi connectivity index (χ1) is 11.1. The molecule has 6 heteroatoms. The second-order valence-corrected chi connectivity index (χ2v) is 6.71. The molecule has 23 heavy (non-hydrogen) atoms. The van der Waals surface area contributed by atoms with Gasteiger partial charge in [0.1, 0.15) is 5.69 Å². The molecule has 1 amide bonds. The van der Waals surface area contributed by atoms with E-state index in [1.807, 2.05) is 25.1 Å². The number of nitrogens with zero attached hydrogens (tertiary/aromatic N) is 3. The molecule has 1 aromatic rings. The molecule has 6 nitrogen and oxygen atoms in total. The molecule has 0 radical (unpaired) electrons. The van der Waals surface area contributed by atoms with E-state index in [0.29, 0.717) is 11.6 Å². The molecule has 0 bridgehead atoms. The topological polar surface area (TPSA) is 56.6 Å². The third-order valence-corrected chi connectivity index (χ3v) is 5.43. The van der Waals surface area contributed by atoms with Crippen molar-refractivity contribution in [3.63, 3.8) is 0 Å². The van der Waals surface area contributed by atoms with Crippen molar-refractivity contribution >= 4 is 5.91 Å². The van der Waals surface area contributed by atoms with Gasteiger partial charge in [-0.1, -0.05) is 0 Å². The second-order valence-electron chi connectivity index (χ2n) is 6.71. The normalized spacial score (nSPS) is 24.1. The van der Waals surface area contributed by atoms with Gasteiger partial charge in [0.25, 0.3) is 5.91 Å². The number of carbonyl (C=O) groups excluding carboxylic acids is 1. The number of hydrogen-bond acceptors (Lipinski definition) is 4. The molecule has 0 aliphatic carbocycles. The summed E-state index contributed by atoms with van der Waals surface area (Å²) in [4.78, 5) is 14.5. The van der Waals surface area contributed by atoms with Crippen molar-refractivity contribution in [2.24, 2.45) is 18.4 Å². The average Bonchev–Trinajstić information content (AvgIpc) is 3.01. The van der Waals surface area contributed by atoms with Crippen molar-refractivity contribution in [3.05, 3.63) is 18.0 Å². The van der Waals surface area contributed by atoms with E-state index in [1.54, 1.807) is 10.7 Å². The summed E-state index contributed by atoms with van der Waals surface area (Å²) in [5, 5.41) is 4.23. The number of hydrogen-bond donors (Lipinski definition) is 0. The average molecular weight is 321 g/mol. The first-order valence-corrected chi connectivity index (χ1v) is 8.59. The Balaban J connectivity index is 1.63. The van der Waals surface area contributed by atoms with Crippen LogP contribution in [0, 0.1) is 11.3 Å². The molecule has 2 aliphatic heterocycles. The van der Waals surface area contributed by atoms with Crippen LogP contribution in [0.15, 0.2) is 12.3 Å². The van der Waals surface area contributed by atoms with Crippen LogP contribution in [0.5, 0.6) is 0 Å². The number of carbonyl (C=O) groups is 1. The smallest absolute Gasteiger partial charge is 0.274 e. The van der Waals surface area contributed by atoms with Gasteiger partial charge in [0.2, 0.25) is 0 Å². The molecule has 0 unspecified atom stereocenters. The van der Waals surface area contributed by atoms with Crippen LogP contribution in [0.25, 0.3) is 0 Å². The van der Waals surface area contributed by atoms with E-state index in [1.165, 1.54) is 0 Å². The standard InChI is InChI=1S/C17H27N3O3/c1-3-22-12-14-13-23-11-7-17(14)5-9-20(10-6-17)16(21)15-4-8-19(2)18-15/h4,8,14H,3,5-7,9-13H2,1-2H3/t14-/m0/s1. The van der Waals surface area contributed by atoms with Crippen molar-refractivity contribution in [2.75, 3.05) is 39.5 Å². The zero-order chi connectivity index (χ0) is 16.3. The number of aromatic nitrogens is 2. The summed E-state index contributed by atoms with van der Waals surface area (Å²) >= 11 is 0. The summed E-state index contributed by atoms with van der Waals surface area (Å²) < 4.78 is 13.0. The highest BCUT2D eigenvalue weighted by atomic mass is 16.5. The van der Waals surface area contributed by atoms with E-state index >= 15 is 0 Å². The fraction of sp³-hybridized carbons (Fsp3) is 0.765. The molecule has 0 saturated carbocycles. The summed E-state index contributed by atoms with van der Waals surface area (Å²) in [5.74, 6) is 0.497. The van der Waals surface area contributed by atoms with Crippen LogP contribution in [0.2, 0.25) is 0 Å². The molecule has 1 aromatic heterocycles. The molecular weight excluding hydrogens is 294 g/mol. The summed E-state index contributed by atoms with van der Waals surface area (Å²) in [6.07, 6.45) is 4.96. The lowest BCUT2D eigenvalue weighted by Crippen LogP contribution is -2.50. The lowest BCUT2D eigenvalue weighted by Gasteiger charge is -2.48. The van der Waals surface area contributed by atoms with Gasteiger partial charge in [-0.05, 0) is 37.7 Å². The highest BCUT2D eigenvalue weighted by molar-refractivity contribution is 5.92. The van der Waals surface area contributed by atoms with Gasteiger partial charge in [-0.2, -0.15) is 5.10 Å². The Hall–Kier alpha value is -1.40. The Kier molecular flexibility index (Phi) is 5.02. The second kappa shape index (κ2) is 7.01. The fourth-order valence-corrected chi connectivity index (χ4v) is 3.87.